The Labute approximate surface area is 144 Å². The summed E-state index contributed by atoms with van der Waals surface area (Å²) in [4.78, 5) is 13.0. The summed E-state index contributed by atoms with van der Waals surface area (Å²) >= 11 is 0. The number of rotatable bonds is 0. The SMILES string of the molecule is C=C1CCC2C(/C=C(\C)C(=O)C3(O)CC(C)C(O)C3C1O)C2(C)C. The normalized spacial score (nSPS) is 50.4. The summed E-state index contributed by atoms with van der Waals surface area (Å²) < 4.78 is 0. The molecular formula is C20H30O4. The van der Waals surface area contributed by atoms with Crippen LogP contribution in [-0.2, 0) is 4.79 Å². The number of aliphatic hydroxyl groups excluding tert-OH is 2. The Bertz CT molecular complexity index is 605. The van der Waals surface area contributed by atoms with Crippen molar-refractivity contribution >= 4 is 5.78 Å². The molecule has 4 nitrogen and oxygen atoms in total. The minimum atomic E-state index is -1.72. The van der Waals surface area contributed by atoms with Crippen molar-refractivity contribution in [3.8, 4) is 0 Å². The molecule has 2 fully saturated rings. The number of hydrogen-bond donors (Lipinski definition) is 3. The first-order valence-electron chi connectivity index (χ1n) is 9.01. The van der Waals surface area contributed by atoms with E-state index < -0.39 is 23.7 Å². The lowest BCUT2D eigenvalue weighted by Gasteiger charge is -2.34. The van der Waals surface area contributed by atoms with Crippen LogP contribution >= 0.6 is 0 Å². The zero-order valence-electron chi connectivity index (χ0n) is 15.1. The Kier molecular flexibility index (Phi) is 4.10. The first kappa shape index (κ1) is 17.8. The van der Waals surface area contributed by atoms with E-state index in [2.05, 4.69) is 20.4 Å². The fourth-order valence-electron chi connectivity index (χ4n) is 5.17. The summed E-state index contributed by atoms with van der Waals surface area (Å²) in [5, 5.41) is 32.4. The summed E-state index contributed by atoms with van der Waals surface area (Å²) in [6.45, 7) is 11.9. The molecule has 134 valence electrons. The van der Waals surface area contributed by atoms with Crippen molar-refractivity contribution in [2.75, 3.05) is 0 Å². The topological polar surface area (TPSA) is 77.8 Å². The summed E-state index contributed by atoms with van der Waals surface area (Å²) in [5.41, 5.74) is -0.429. The molecule has 3 rings (SSSR count). The molecule has 0 radical (unpaired) electrons. The van der Waals surface area contributed by atoms with Gasteiger partial charge in [-0.1, -0.05) is 33.4 Å². The molecule has 0 bridgehead atoms. The first-order chi connectivity index (χ1) is 11.0. The third kappa shape index (κ3) is 2.42. The van der Waals surface area contributed by atoms with E-state index in [1.54, 1.807) is 6.92 Å². The van der Waals surface area contributed by atoms with E-state index in [1.807, 2.05) is 13.0 Å². The maximum Gasteiger partial charge on any atom is 0.190 e. The van der Waals surface area contributed by atoms with E-state index in [4.69, 9.17) is 0 Å². The van der Waals surface area contributed by atoms with Gasteiger partial charge in [-0.2, -0.15) is 0 Å². The largest absolute Gasteiger partial charge is 0.392 e. The number of carbonyl (C=O) groups is 1. The molecule has 0 aromatic heterocycles. The monoisotopic (exact) mass is 334 g/mol. The summed E-state index contributed by atoms with van der Waals surface area (Å²) in [6, 6.07) is 0. The van der Waals surface area contributed by atoms with Gasteiger partial charge in [-0.3, -0.25) is 4.79 Å². The second kappa shape index (κ2) is 5.52. The minimum absolute atomic E-state index is 0.135. The number of hydrogen-bond acceptors (Lipinski definition) is 4. The predicted octanol–water partition coefficient (Wildman–Crippen LogP) is 2.23. The van der Waals surface area contributed by atoms with Crippen molar-refractivity contribution in [3.05, 3.63) is 23.8 Å². The van der Waals surface area contributed by atoms with E-state index in [1.165, 1.54) is 0 Å². The number of Topliss-reactive ketones (excluding diaryl/α,β-unsaturated/α-hetero) is 1. The van der Waals surface area contributed by atoms with Crippen LogP contribution in [0.15, 0.2) is 23.8 Å². The minimum Gasteiger partial charge on any atom is -0.392 e. The third-order valence-corrected chi connectivity index (χ3v) is 6.99. The average molecular weight is 334 g/mol. The molecule has 0 aliphatic heterocycles. The summed E-state index contributed by atoms with van der Waals surface area (Å²) in [6.07, 6.45) is 1.75. The van der Waals surface area contributed by atoms with Gasteiger partial charge in [0.05, 0.1) is 18.1 Å². The van der Waals surface area contributed by atoms with E-state index in [-0.39, 0.29) is 23.5 Å². The van der Waals surface area contributed by atoms with Crippen molar-refractivity contribution in [2.45, 2.75) is 64.8 Å². The van der Waals surface area contributed by atoms with Gasteiger partial charge in [-0.25, -0.2) is 0 Å². The van der Waals surface area contributed by atoms with Crippen molar-refractivity contribution in [2.24, 2.45) is 29.1 Å². The Morgan fingerprint density at radius 2 is 1.92 bits per heavy atom. The Morgan fingerprint density at radius 1 is 1.29 bits per heavy atom. The fourth-order valence-corrected chi connectivity index (χ4v) is 5.17. The van der Waals surface area contributed by atoms with Crippen molar-refractivity contribution in [1.82, 2.24) is 0 Å². The lowest BCUT2D eigenvalue weighted by atomic mass is 9.77. The van der Waals surface area contributed by atoms with Crippen LogP contribution < -0.4 is 0 Å². The van der Waals surface area contributed by atoms with Crippen LogP contribution in [0.5, 0.6) is 0 Å². The Morgan fingerprint density at radius 3 is 2.54 bits per heavy atom. The van der Waals surface area contributed by atoms with Gasteiger partial charge in [-0.05, 0) is 60.5 Å². The second-order valence-corrected chi connectivity index (χ2v) is 8.90. The van der Waals surface area contributed by atoms with Crippen LogP contribution in [-0.4, -0.2) is 38.9 Å². The highest BCUT2D eigenvalue weighted by Gasteiger charge is 2.60. The predicted molar refractivity (Wildman–Crippen MR) is 92.1 cm³/mol. The van der Waals surface area contributed by atoms with Gasteiger partial charge in [-0.15, -0.1) is 0 Å². The summed E-state index contributed by atoms with van der Waals surface area (Å²) in [5.74, 6) is -0.729. The molecule has 0 aromatic rings. The third-order valence-electron chi connectivity index (χ3n) is 6.99. The fraction of sp³-hybridized carbons (Fsp3) is 0.750. The van der Waals surface area contributed by atoms with Gasteiger partial charge in [0, 0.05) is 0 Å². The van der Waals surface area contributed by atoms with E-state index in [0.29, 0.717) is 29.4 Å². The highest BCUT2D eigenvalue weighted by molar-refractivity contribution is 6.02. The average Bonchev–Trinajstić information content (AvgIpc) is 2.91. The molecule has 24 heavy (non-hydrogen) atoms. The molecular weight excluding hydrogens is 304 g/mol. The van der Waals surface area contributed by atoms with Crippen LogP contribution in [0.2, 0.25) is 0 Å². The van der Waals surface area contributed by atoms with E-state index in [0.717, 1.165) is 6.42 Å². The number of aliphatic hydroxyl groups is 3. The highest BCUT2D eigenvalue weighted by atomic mass is 16.3. The molecule has 7 atom stereocenters. The smallest absolute Gasteiger partial charge is 0.190 e. The van der Waals surface area contributed by atoms with Gasteiger partial charge in [0.15, 0.2) is 5.78 Å². The number of ketones is 1. The molecule has 0 amide bonds. The molecule has 3 aliphatic carbocycles. The van der Waals surface area contributed by atoms with Crippen LogP contribution in [0.25, 0.3) is 0 Å². The lowest BCUT2D eigenvalue weighted by Crippen LogP contribution is -2.50. The van der Waals surface area contributed by atoms with Crippen LogP contribution in [0.4, 0.5) is 0 Å². The van der Waals surface area contributed by atoms with Crippen LogP contribution in [0.3, 0.4) is 0 Å². The number of fused-ring (bicyclic) bond motifs is 2. The summed E-state index contributed by atoms with van der Waals surface area (Å²) in [7, 11) is 0. The lowest BCUT2D eigenvalue weighted by molar-refractivity contribution is -0.144. The van der Waals surface area contributed by atoms with Gasteiger partial charge in [0.25, 0.3) is 0 Å². The van der Waals surface area contributed by atoms with Gasteiger partial charge < -0.3 is 15.3 Å². The molecule has 2 saturated carbocycles. The first-order valence-corrected chi connectivity index (χ1v) is 9.01. The van der Waals surface area contributed by atoms with Crippen molar-refractivity contribution in [1.29, 1.82) is 0 Å². The Balaban J connectivity index is 2.04. The zero-order chi connectivity index (χ0) is 18.0. The quantitative estimate of drug-likeness (QED) is 0.594. The molecule has 7 unspecified atom stereocenters. The van der Waals surface area contributed by atoms with Gasteiger partial charge in [0.1, 0.15) is 5.60 Å². The van der Waals surface area contributed by atoms with Gasteiger partial charge >= 0.3 is 0 Å². The second-order valence-electron chi connectivity index (χ2n) is 8.90. The molecule has 0 aromatic carbocycles. The van der Waals surface area contributed by atoms with Gasteiger partial charge in [0.2, 0.25) is 0 Å². The van der Waals surface area contributed by atoms with Crippen molar-refractivity contribution < 1.29 is 20.1 Å². The molecule has 0 heterocycles. The molecule has 4 heteroatoms. The molecule has 3 aliphatic rings. The number of allylic oxidation sites excluding steroid dienone is 1. The standard InChI is InChI=1S/C20H30O4/c1-10-6-7-13-14(19(13,4)5)8-11(2)18(23)20(24)9-12(3)17(22)15(20)16(10)21/h8,12-17,21-22,24H,1,6-7,9H2,2-5H3/b11-8+. The van der Waals surface area contributed by atoms with Crippen molar-refractivity contribution in [3.63, 3.8) is 0 Å². The molecule has 0 saturated heterocycles. The highest BCUT2D eigenvalue weighted by Crippen LogP contribution is 2.62. The van der Waals surface area contributed by atoms with Crippen LogP contribution in [0.1, 0.15) is 47.0 Å². The van der Waals surface area contributed by atoms with Crippen LogP contribution in [0, 0.1) is 29.1 Å². The number of carbonyl (C=O) groups excluding carboxylic acids is 1. The Hall–Kier alpha value is -0.970. The maximum absolute atomic E-state index is 13.0. The molecule has 0 spiro atoms. The van der Waals surface area contributed by atoms with E-state index >= 15 is 0 Å². The maximum atomic E-state index is 13.0. The zero-order valence-corrected chi connectivity index (χ0v) is 15.1. The molecule has 3 N–H and O–H groups in total. The van der Waals surface area contributed by atoms with E-state index in [9.17, 15) is 20.1 Å².